The number of ether oxygens (including phenoxy) is 1. The highest BCUT2D eigenvalue weighted by Gasteiger charge is 2.15. The quantitative estimate of drug-likeness (QED) is 0.782. The molecule has 0 amide bonds. The molecule has 1 aromatic carbocycles. The van der Waals surface area contributed by atoms with E-state index in [4.69, 9.17) is 16.3 Å². The molecule has 1 aliphatic carbocycles. The Bertz CT molecular complexity index is 710. The summed E-state index contributed by atoms with van der Waals surface area (Å²) in [6.07, 6.45) is 6.13. The van der Waals surface area contributed by atoms with Gasteiger partial charge in [-0.05, 0) is 24.5 Å². The summed E-state index contributed by atoms with van der Waals surface area (Å²) in [4.78, 5) is 16.0. The SMILES string of the molecule is O=C1CCCC=C1COc1cc(-c2ccccc2)cnc1Cl. The molecule has 0 radical (unpaired) electrons. The number of halogens is 1. The van der Waals surface area contributed by atoms with Crippen LogP contribution in [0.1, 0.15) is 19.3 Å². The molecule has 0 saturated heterocycles. The molecular weight excluding hydrogens is 298 g/mol. The van der Waals surface area contributed by atoms with Crippen molar-refractivity contribution in [2.75, 3.05) is 6.61 Å². The first-order valence-corrected chi connectivity index (χ1v) is 7.68. The highest BCUT2D eigenvalue weighted by Crippen LogP contribution is 2.29. The topological polar surface area (TPSA) is 39.2 Å². The Hall–Kier alpha value is -2.13. The Morgan fingerprint density at radius 3 is 2.77 bits per heavy atom. The minimum Gasteiger partial charge on any atom is -0.486 e. The van der Waals surface area contributed by atoms with Gasteiger partial charge in [0.25, 0.3) is 0 Å². The Labute approximate surface area is 134 Å². The number of rotatable bonds is 4. The summed E-state index contributed by atoms with van der Waals surface area (Å²) in [5, 5.41) is 0.309. The molecule has 0 unspecified atom stereocenters. The normalized spacial score (nSPS) is 14.6. The number of pyridine rings is 1. The van der Waals surface area contributed by atoms with Crippen LogP contribution in [0.3, 0.4) is 0 Å². The Morgan fingerprint density at radius 2 is 2.00 bits per heavy atom. The number of hydrogen-bond acceptors (Lipinski definition) is 3. The van der Waals surface area contributed by atoms with Gasteiger partial charge < -0.3 is 4.74 Å². The predicted molar refractivity (Wildman–Crippen MR) is 87.1 cm³/mol. The zero-order valence-corrected chi connectivity index (χ0v) is 12.8. The van der Waals surface area contributed by atoms with E-state index in [1.54, 1.807) is 6.20 Å². The van der Waals surface area contributed by atoms with Gasteiger partial charge in [0.1, 0.15) is 6.61 Å². The maximum Gasteiger partial charge on any atom is 0.171 e. The number of ketones is 1. The molecule has 0 saturated carbocycles. The predicted octanol–water partition coefficient (Wildman–Crippen LogP) is 4.46. The fraction of sp³-hybridized carbons (Fsp3) is 0.222. The molecule has 0 spiro atoms. The molecule has 1 aliphatic rings. The van der Waals surface area contributed by atoms with Gasteiger partial charge in [-0.15, -0.1) is 0 Å². The number of nitrogens with zero attached hydrogens (tertiary/aromatic N) is 1. The molecule has 3 nitrogen and oxygen atoms in total. The Kier molecular flexibility index (Phi) is 4.54. The van der Waals surface area contributed by atoms with E-state index in [0.717, 1.165) is 29.5 Å². The van der Waals surface area contributed by atoms with Crippen LogP contribution in [0.4, 0.5) is 0 Å². The minimum atomic E-state index is 0.162. The van der Waals surface area contributed by atoms with Crippen molar-refractivity contribution in [1.82, 2.24) is 4.98 Å². The third-order valence-electron chi connectivity index (χ3n) is 3.65. The zero-order chi connectivity index (χ0) is 15.4. The van der Waals surface area contributed by atoms with Crippen LogP contribution in [0, 0.1) is 0 Å². The van der Waals surface area contributed by atoms with E-state index in [1.807, 2.05) is 42.5 Å². The lowest BCUT2D eigenvalue weighted by Crippen LogP contribution is -2.14. The summed E-state index contributed by atoms with van der Waals surface area (Å²) in [6.45, 7) is 0.248. The van der Waals surface area contributed by atoms with Crippen LogP contribution >= 0.6 is 11.6 Å². The molecule has 0 N–H and O–H groups in total. The number of aromatic nitrogens is 1. The summed E-state index contributed by atoms with van der Waals surface area (Å²) in [7, 11) is 0. The van der Waals surface area contributed by atoms with Crippen LogP contribution in [0.2, 0.25) is 5.15 Å². The fourth-order valence-electron chi connectivity index (χ4n) is 2.43. The first-order valence-electron chi connectivity index (χ1n) is 7.30. The van der Waals surface area contributed by atoms with Crippen molar-refractivity contribution in [3.63, 3.8) is 0 Å². The molecule has 2 aromatic rings. The molecular formula is C18H16ClNO2. The first-order chi connectivity index (χ1) is 10.7. The highest BCUT2D eigenvalue weighted by atomic mass is 35.5. The molecule has 1 heterocycles. The Morgan fingerprint density at radius 1 is 1.18 bits per heavy atom. The van der Waals surface area contributed by atoms with E-state index in [2.05, 4.69) is 4.98 Å². The molecule has 3 rings (SSSR count). The lowest BCUT2D eigenvalue weighted by Gasteiger charge is -2.14. The highest BCUT2D eigenvalue weighted by molar-refractivity contribution is 6.30. The van der Waals surface area contributed by atoms with Crippen LogP contribution < -0.4 is 4.74 Å². The second kappa shape index (κ2) is 6.75. The second-order valence-electron chi connectivity index (χ2n) is 5.21. The number of carbonyl (C=O) groups excluding carboxylic acids is 1. The van der Waals surface area contributed by atoms with Crippen molar-refractivity contribution in [3.05, 3.63) is 59.4 Å². The molecule has 1 aromatic heterocycles. The van der Waals surface area contributed by atoms with E-state index in [9.17, 15) is 4.79 Å². The van der Waals surface area contributed by atoms with Gasteiger partial charge in [0.05, 0.1) is 0 Å². The van der Waals surface area contributed by atoms with Crippen molar-refractivity contribution >= 4 is 17.4 Å². The van der Waals surface area contributed by atoms with Crippen LogP contribution in [0.25, 0.3) is 11.1 Å². The van der Waals surface area contributed by atoms with Gasteiger partial charge in [0, 0.05) is 23.8 Å². The van der Waals surface area contributed by atoms with Crippen LogP contribution in [-0.4, -0.2) is 17.4 Å². The van der Waals surface area contributed by atoms with Gasteiger partial charge in [0.15, 0.2) is 16.7 Å². The third-order valence-corrected chi connectivity index (χ3v) is 3.94. The van der Waals surface area contributed by atoms with E-state index in [1.165, 1.54) is 0 Å². The largest absolute Gasteiger partial charge is 0.486 e. The number of benzene rings is 1. The van der Waals surface area contributed by atoms with Gasteiger partial charge in [-0.1, -0.05) is 48.0 Å². The van der Waals surface area contributed by atoms with Crippen molar-refractivity contribution < 1.29 is 9.53 Å². The van der Waals surface area contributed by atoms with Crippen molar-refractivity contribution in [1.29, 1.82) is 0 Å². The van der Waals surface area contributed by atoms with Gasteiger partial charge in [-0.3, -0.25) is 4.79 Å². The summed E-state index contributed by atoms with van der Waals surface area (Å²) in [5.41, 5.74) is 2.71. The van der Waals surface area contributed by atoms with Crippen LogP contribution in [-0.2, 0) is 4.79 Å². The van der Waals surface area contributed by atoms with E-state index < -0.39 is 0 Å². The van der Waals surface area contributed by atoms with Crippen molar-refractivity contribution in [3.8, 4) is 16.9 Å². The zero-order valence-electron chi connectivity index (χ0n) is 12.1. The van der Waals surface area contributed by atoms with Crippen LogP contribution in [0.15, 0.2) is 54.2 Å². The molecule has 0 bridgehead atoms. The van der Waals surface area contributed by atoms with E-state index >= 15 is 0 Å². The number of allylic oxidation sites excluding steroid dienone is 1. The molecule has 4 heteroatoms. The summed E-state index contributed by atoms with van der Waals surface area (Å²) in [6, 6.07) is 11.8. The molecule has 0 fully saturated rings. The van der Waals surface area contributed by atoms with E-state index in [0.29, 0.717) is 17.3 Å². The van der Waals surface area contributed by atoms with Gasteiger partial charge in [-0.2, -0.15) is 0 Å². The maximum absolute atomic E-state index is 11.8. The first kappa shape index (κ1) is 14.8. The lowest BCUT2D eigenvalue weighted by atomic mass is 9.99. The average molecular weight is 314 g/mol. The summed E-state index contributed by atoms with van der Waals surface area (Å²) in [5.74, 6) is 0.664. The molecule has 22 heavy (non-hydrogen) atoms. The number of hydrogen-bond donors (Lipinski definition) is 0. The standard InChI is InChI=1S/C18H16ClNO2/c19-18-17(22-12-14-8-4-5-9-16(14)21)10-15(11-20-18)13-6-2-1-3-7-13/h1-3,6-8,10-11H,4-5,9,12H2. The smallest absolute Gasteiger partial charge is 0.171 e. The van der Waals surface area contributed by atoms with Crippen molar-refractivity contribution in [2.24, 2.45) is 0 Å². The molecule has 0 atom stereocenters. The Balaban J connectivity index is 1.79. The fourth-order valence-corrected chi connectivity index (χ4v) is 2.58. The summed E-state index contributed by atoms with van der Waals surface area (Å²) >= 11 is 6.10. The monoisotopic (exact) mass is 313 g/mol. The third kappa shape index (κ3) is 3.37. The lowest BCUT2D eigenvalue weighted by molar-refractivity contribution is -0.116. The van der Waals surface area contributed by atoms with Gasteiger partial charge in [0.2, 0.25) is 0 Å². The minimum absolute atomic E-state index is 0.162. The number of carbonyl (C=O) groups is 1. The summed E-state index contributed by atoms with van der Waals surface area (Å²) < 4.78 is 5.73. The second-order valence-corrected chi connectivity index (χ2v) is 5.57. The van der Waals surface area contributed by atoms with Gasteiger partial charge >= 0.3 is 0 Å². The van der Waals surface area contributed by atoms with Crippen LogP contribution in [0.5, 0.6) is 5.75 Å². The number of Topliss-reactive ketones (excluding diaryl/α,β-unsaturated/α-hetero) is 1. The molecule has 112 valence electrons. The molecule has 0 aliphatic heterocycles. The average Bonchev–Trinajstić information content (AvgIpc) is 2.56. The van der Waals surface area contributed by atoms with Crippen molar-refractivity contribution in [2.45, 2.75) is 19.3 Å². The van der Waals surface area contributed by atoms with Gasteiger partial charge in [-0.25, -0.2) is 4.98 Å². The van der Waals surface area contributed by atoms with E-state index in [-0.39, 0.29) is 12.4 Å². The maximum atomic E-state index is 11.8.